The van der Waals surface area contributed by atoms with Crippen molar-refractivity contribution in [1.29, 1.82) is 5.26 Å². The van der Waals surface area contributed by atoms with Gasteiger partial charge in [-0.25, -0.2) is 0 Å². The number of benzene rings is 2. The summed E-state index contributed by atoms with van der Waals surface area (Å²) in [6.07, 6.45) is 0.291. The van der Waals surface area contributed by atoms with Crippen molar-refractivity contribution in [2.75, 3.05) is 0 Å². The lowest BCUT2D eigenvalue weighted by molar-refractivity contribution is -0.385. The molecule has 23 heavy (non-hydrogen) atoms. The fraction of sp³-hybridized carbons (Fsp3) is 0.188. The summed E-state index contributed by atoms with van der Waals surface area (Å²) in [5, 5.41) is 29.1. The van der Waals surface area contributed by atoms with Gasteiger partial charge in [-0.15, -0.1) is 0 Å². The van der Waals surface area contributed by atoms with Crippen molar-refractivity contribution in [2.45, 2.75) is 20.3 Å². The van der Waals surface area contributed by atoms with E-state index in [1.54, 1.807) is 44.2 Å². The highest BCUT2D eigenvalue weighted by atomic mass is 16.6. The van der Waals surface area contributed by atoms with E-state index in [0.717, 1.165) is 5.56 Å². The monoisotopic (exact) mass is 313 g/mol. The normalized spacial score (nSPS) is 9.26. The molecule has 7 nitrogen and oxygen atoms in total. The highest BCUT2D eigenvalue weighted by molar-refractivity contribution is 5.42. The molecule has 2 rings (SSSR count). The minimum atomic E-state index is -0.425. The Morgan fingerprint density at radius 3 is 1.96 bits per heavy atom. The molecule has 0 aliphatic heterocycles. The summed E-state index contributed by atoms with van der Waals surface area (Å²) < 4.78 is 0. The predicted molar refractivity (Wildman–Crippen MR) is 85.0 cm³/mol. The van der Waals surface area contributed by atoms with Crippen molar-refractivity contribution >= 4 is 11.4 Å². The lowest BCUT2D eigenvalue weighted by Crippen LogP contribution is -1.92. The van der Waals surface area contributed by atoms with Gasteiger partial charge in [0, 0.05) is 23.3 Å². The predicted octanol–water partition coefficient (Wildman–Crippen LogP) is 3.87. The molecule has 0 radical (unpaired) electrons. The van der Waals surface area contributed by atoms with Crippen LogP contribution in [-0.2, 0) is 6.42 Å². The second kappa shape index (κ2) is 8.24. The van der Waals surface area contributed by atoms with E-state index >= 15 is 0 Å². The van der Waals surface area contributed by atoms with Crippen molar-refractivity contribution in [1.82, 2.24) is 0 Å². The third-order valence-corrected chi connectivity index (χ3v) is 3.05. The van der Waals surface area contributed by atoms with Crippen LogP contribution in [0.2, 0.25) is 0 Å². The number of rotatable bonds is 3. The molecule has 0 fully saturated rings. The maximum absolute atomic E-state index is 10.4. The van der Waals surface area contributed by atoms with Gasteiger partial charge in [0.25, 0.3) is 11.4 Å². The molecule has 0 atom stereocenters. The number of nitrogens with zero attached hydrogens (tertiary/aromatic N) is 3. The Morgan fingerprint density at radius 1 is 0.957 bits per heavy atom. The number of hydrogen-bond acceptors (Lipinski definition) is 5. The topological polar surface area (TPSA) is 110 Å². The van der Waals surface area contributed by atoms with Crippen LogP contribution in [-0.4, -0.2) is 9.85 Å². The molecule has 0 aromatic heterocycles. The fourth-order valence-corrected chi connectivity index (χ4v) is 1.89. The molecule has 7 heteroatoms. The van der Waals surface area contributed by atoms with Gasteiger partial charge in [0.2, 0.25) is 0 Å². The summed E-state index contributed by atoms with van der Waals surface area (Å²) in [6, 6.07) is 13.3. The summed E-state index contributed by atoms with van der Waals surface area (Å²) in [5.41, 5.74) is 2.39. The summed E-state index contributed by atoms with van der Waals surface area (Å²) in [6.45, 7) is 3.39. The molecule has 0 aliphatic rings. The highest BCUT2D eigenvalue weighted by Crippen LogP contribution is 2.18. The van der Waals surface area contributed by atoms with Crippen LogP contribution < -0.4 is 0 Å². The molecule has 0 aliphatic carbocycles. The Morgan fingerprint density at radius 2 is 1.52 bits per heavy atom. The molecule has 2 aromatic carbocycles. The molecule has 2 aromatic rings. The fourth-order valence-electron chi connectivity index (χ4n) is 1.89. The average molecular weight is 313 g/mol. The van der Waals surface area contributed by atoms with Gasteiger partial charge in [-0.2, -0.15) is 5.26 Å². The standard InChI is InChI=1S/C9H8N2O2.C7H7NO2/c1-7-6-8(4-5-10)2-3-9(7)11(12)13;1-6-4-2-3-5-7(6)8(9)10/h2-3,6H,4H2,1H3;2-5H,1H3. The number of para-hydroxylation sites is 1. The second-order valence-corrected chi connectivity index (χ2v) is 4.76. The van der Waals surface area contributed by atoms with Crippen LogP contribution in [0.4, 0.5) is 11.4 Å². The number of aryl methyl sites for hydroxylation is 2. The van der Waals surface area contributed by atoms with Crippen molar-refractivity contribution in [3.05, 3.63) is 79.4 Å². The van der Waals surface area contributed by atoms with E-state index < -0.39 is 4.92 Å². The number of hydrogen-bond donors (Lipinski definition) is 0. The van der Waals surface area contributed by atoms with Crippen molar-refractivity contribution in [3.8, 4) is 6.07 Å². The van der Waals surface area contributed by atoms with Gasteiger partial charge in [-0.05, 0) is 25.5 Å². The summed E-state index contributed by atoms with van der Waals surface area (Å²) in [5.74, 6) is 0. The zero-order valence-electron chi connectivity index (χ0n) is 12.7. The Balaban J connectivity index is 0.000000238. The molecular weight excluding hydrogens is 298 g/mol. The maximum Gasteiger partial charge on any atom is 0.272 e. The van der Waals surface area contributed by atoms with E-state index in [2.05, 4.69) is 0 Å². The second-order valence-electron chi connectivity index (χ2n) is 4.76. The molecule has 0 spiro atoms. The van der Waals surface area contributed by atoms with Crippen LogP contribution >= 0.6 is 0 Å². The van der Waals surface area contributed by atoms with Crippen LogP contribution in [0.15, 0.2) is 42.5 Å². The lowest BCUT2D eigenvalue weighted by Gasteiger charge is -1.98. The third-order valence-electron chi connectivity index (χ3n) is 3.05. The first-order valence-electron chi connectivity index (χ1n) is 6.67. The zero-order chi connectivity index (χ0) is 17.4. The lowest BCUT2D eigenvalue weighted by atomic mass is 10.1. The van der Waals surface area contributed by atoms with Crippen LogP contribution in [0.3, 0.4) is 0 Å². The van der Waals surface area contributed by atoms with E-state index in [-0.39, 0.29) is 16.3 Å². The third kappa shape index (κ3) is 5.21. The Labute approximate surface area is 133 Å². The van der Waals surface area contributed by atoms with Crippen LogP contribution in [0.1, 0.15) is 16.7 Å². The average Bonchev–Trinajstić information content (AvgIpc) is 2.48. The molecule has 0 saturated carbocycles. The van der Waals surface area contributed by atoms with Gasteiger partial charge in [-0.3, -0.25) is 20.2 Å². The molecular formula is C16H15N3O4. The van der Waals surface area contributed by atoms with Crippen LogP contribution in [0.25, 0.3) is 0 Å². The molecule has 0 bridgehead atoms. The molecule has 0 saturated heterocycles. The smallest absolute Gasteiger partial charge is 0.258 e. The van der Waals surface area contributed by atoms with Gasteiger partial charge in [-0.1, -0.05) is 24.3 Å². The van der Waals surface area contributed by atoms with Gasteiger partial charge >= 0.3 is 0 Å². The van der Waals surface area contributed by atoms with E-state index in [1.165, 1.54) is 12.1 Å². The van der Waals surface area contributed by atoms with Crippen molar-refractivity contribution in [3.63, 3.8) is 0 Å². The van der Waals surface area contributed by atoms with E-state index in [9.17, 15) is 20.2 Å². The molecule has 0 amide bonds. The Bertz CT molecular complexity index is 766. The summed E-state index contributed by atoms with van der Waals surface area (Å²) in [4.78, 5) is 19.9. The van der Waals surface area contributed by atoms with Gasteiger partial charge in [0.1, 0.15) is 0 Å². The van der Waals surface area contributed by atoms with Crippen molar-refractivity contribution in [2.24, 2.45) is 0 Å². The SMILES string of the molecule is Cc1cc(CC#N)ccc1[N+](=O)[O-].Cc1ccccc1[N+](=O)[O-]. The van der Waals surface area contributed by atoms with Crippen LogP contribution in [0.5, 0.6) is 0 Å². The van der Waals surface area contributed by atoms with Crippen LogP contribution in [0, 0.1) is 45.4 Å². The zero-order valence-corrected chi connectivity index (χ0v) is 12.7. The van der Waals surface area contributed by atoms with Gasteiger partial charge in [0.05, 0.1) is 22.3 Å². The summed E-state index contributed by atoms with van der Waals surface area (Å²) >= 11 is 0. The Hall–Kier alpha value is -3.27. The van der Waals surface area contributed by atoms with Crippen molar-refractivity contribution < 1.29 is 9.85 Å². The largest absolute Gasteiger partial charge is 0.272 e. The number of nitro groups is 2. The van der Waals surface area contributed by atoms with Gasteiger partial charge in [0.15, 0.2) is 0 Å². The molecule has 0 N–H and O–H groups in total. The number of nitro benzene ring substituents is 2. The first-order chi connectivity index (χ1) is 10.9. The number of nitriles is 1. The maximum atomic E-state index is 10.4. The minimum Gasteiger partial charge on any atom is -0.258 e. The first-order valence-corrected chi connectivity index (χ1v) is 6.67. The quantitative estimate of drug-likeness (QED) is 0.630. The molecule has 0 unspecified atom stereocenters. The highest BCUT2D eigenvalue weighted by Gasteiger charge is 2.09. The minimum absolute atomic E-state index is 0.0988. The summed E-state index contributed by atoms with van der Waals surface area (Å²) in [7, 11) is 0. The van der Waals surface area contributed by atoms with Gasteiger partial charge < -0.3 is 0 Å². The first kappa shape index (κ1) is 17.8. The van der Waals surface area contributed by atoms with E-state index in [4.69, 9.17) is 5.26 Å². The molecule has 118 valence electrons. The van der Waals surface area contributed by atoms with E-state index in [1.807, 2.05) is 6.07 Å². The molecule has 0 heterocycles. The van der Waals surface area contributed by atoms with E-state index in [0.29, 0.717) is 17.5 Å². The Kier molecular flexibility index (Phi) is 6.37.